The van der Waals surface area contributed by atoms with Gasteiger partial charge in [0.15, 0.2) is 46.3 Å². The lowest BCUT2D eigenvalue weighted by atomic mass is 9.85. The second-order valence-corrected chi connectivity index (χ2v) is 10.3. The van der Waals surface area contributed by atoms with Gasteiger partial charge in [-0.15, -0.1) is 0 Å². The van der Waals surface area contributed by atoms with Gasteiger partial charge in [-0.1, -0.05) is 121 Å². The van der Waals surface area contributed by atoms with E-state index in [0.717, 1.165) is 0 Å². The minimum atomic E-state index is -1.18. The van der Waals surface area contributed by atoms with Crippen molar-refractivity contribution in [3.8, 4) is 0 Å². The van der Waals surface area contributed by atoms with Gasteiger partial charge in [-0.25, -0.2) is 0 Å². The van der Waals surface area contributed by atoms with Crippen LogP contribution in [0.1, 0.15) is 67.1 Å². The van der Waals surface area contributed by atoms with Gasteiger partial charge in [-0.2, -0.15) is 0 Å². The highest BCUT2D eigenvalue weighted by atomic mass is 16.2. The molecule has 8 nitrogen and oxygen atoms in total. The maximum atomic E-state index is 13.8. The largest absolute Gasteiger partial charge is 0.294 e. The molecule has 4 aromatic carbocycles. The van der Waals surface area contributed by atoms with Crippen molar-refractivity contribution in [2.24, 2.45) is 0 Å². The van der Waals surface area contributed by atoms with Gasteiger partial charge in [-0.05, 0) is 0 Å². The summed E-state index contributed by atoms with van der Waals surface area (Å²) in [6.45, 7) is 0. The highest BCUT2D eigenvalue weighted by molar-refractivity contribution is 6.39. The molecule has 0 spiro atoms. The normalized spacial score (nSPS) is 10.3. The SMILES string of the molecule is O=C(CC(=O)c1ccccc1)C(C(=O)CC(=O)c1ccccc1)=C(C(=O)CC(=O)c1ccccc1)C(=O)CC(=O)c1ccccc1. The topological polar surface area (TPSA) is 137 Å². The minimum absolute atomic E-state index is 0.140. The summed E-state index contributed by atoms with van der Waals surface area (Å²) < 4.78 is 0. The van der Waals surface area contributed by atoms with Crippen molar-refractivity contribution in [3.63, 3.8) is 0 Å². The first-order valence-corrected chi connectivity index (χ1v) is 14.4. The van der Waals surface area contributed by atoms with Gasteiger partial charge >= 0.3 is 0 Å². The van der Waals surface area contributed by atoms with E-state index in [1.54, 1.807) is 72.8 Å². The van der Waals surface area contributed by atoms with Crippen LogP contribution in [-0.2, 0) is 19.2 Å². The zero-order chi connectivity index (χ0) is 33.1. The number of Topliss-reactive ketones (excluding diaryl/α,β-unsaturated/α-hetero) is 8. The number of benzene rings is 4. The van der Waals surface area contributed by atoms with Crippen molar-refractivity contribution in [2.45, 2.75) is 25.7 Å². The van der Waals surface area contributed by atoms with Crippen molar-refractivity contribution in [3.05, 3.63) is 155 Å². The van der Waals surface area contributed by atoms with Gasteiger partial charge in [0.2, 0.25) is 0 Å². The van der Waals surface area contributed by atoms with Crippen molar-refractivity contribution < 1.29 is 38.4 Å². The molecule has 0 atom stereocenters. The molecule has 0 saturated heterocycles. The molecule has 0 fully saturated rings. The third kappa shape index (κ3) is 8.54. The smallest absolute Gasteiger partial charge is 0.175 e. The van der Waals surface area contributed by atoms with E-state index in [2.05, 4.69) is 0 Å². The number of rotatable bonds is 16. The van der Waals surface area contributed by atoms with E-state index in [0.29, 0.717) is 0 Å². The second kappa shape index (κ2) is 15.6. The van der Waals surface area contributed by atoms with Crippen LogP contribution in [0.2, 0.25) is 0 Å². The monoisotopic (exact) mass is 612 g/mol. The molecule has 0 aliphatic rings. The molecule has 0 bridgehead atoms. The number of hydrogen-bond acceptors (Lipinski definition) is 8. The lowest BCUT2D eigenvalue weighted by Crippen LogP contribution is -2.28. The summed E-state index contributed by atoms with van der Waals surface area (Å²) in [4.78, 5) is 107. The van der Waals surface area contributed by atoms with Crippen molar-refractivity contribution in [1.29, 1.82) is 0 Å². The lowest BCUT2D eigenvalue weighted by Gasteiger charge is -2.13. The summed E-state index contributed by atoms with van der Waals surface area (Å²) >= 11 is 0. The highest BCUT2D eigenvalue weighted by Gasteiger charge is 2.34. The molecule has 0 amide bonds. The Bertz CT molecular complexity index is 1570. The Morgan fingerprint density at radius 1 is 0.283 bits per heavy atom. The fourth-order valence-corrected chi connectivity index (χ4v) is 4.71. The van der Waals surface area contributed by atoms with Crippen LogP contribution in [0.3, 0.4) is 0 Å². The van der Waals surface area contributed by atoms with Crippen LogP contribution in [-0.4, -0.2) is 46.3 Å². The van der Waals surface area contributed by atoms with E-state index in [9.17, 15) is 38.4 Å². The number of carbonyl (C=O) groups excluding carboxylic acids is 8. The molecule has 4 rings (SSSR count). The molecule has 228 valence electrons. The first-order chi connectivity index (χ1) is 22.2. The summed E-state index contributed by atoms with van der Waals surface area (Å²) in [5, 5.41) is 0. The van der Waals surface area contributed by atoms with Crippen molar-refractivity contribution in [2.75, 3.05) is 0 Å². The maximum Gasteiger partial charge on any atom is 0.175 e. The quantitative estimate of drug-likeness (QED) is 0.0685. The van der Waals surface area contributed by atoms with E-state index >= 15 is 0 Å². The fraction of sp³-hybridized carbons (Fsp3) is 0.105. The number of ketones is 8. The Morgan fingerprint density at radius 2 is 0.457 bits per heavy atom. The first-order valence-electron chi connectivity index (χ1n) is 14.4. The Labute approximate surface area is 264 Å². The molecule has 4 aromatic rings. The van der Waals surface area contributed by atoms with E-state index in [4.69, 9.17) is 0 Å². The third-order valence-electron chi connectivity index (χ3n) is 7.03. The fourth-order valence-electron chi connectivity index (χ4n) is 4.71. The van der Waals surface area contributed by atoms with Crippen molar-refractivity contribution >= 4 is 46.3 Å². The number of allylic oxidation sites excluding steroid dienone is 2. The number of carbonyl (C=O) groups is 8. The van der Waals surface area contributed by atoms with Crippen LogP contribution < -0.4 is 0 Å². The molecule has 0 N–H and O–H groups in total. The molecule has 0 radical (unpaired) electrons. The predicted octanol–water partition coefficient (Wildman–Crippen LogP) is 5.65. The summed E-state index contributed by atoms with van der Waals surface area (Å²) in [5.41, 5.74) is -1.40. The third-order valence-corrected chi connectivity index (χ3v) is 7.03. The molecule has 0 unspecified atom stereocenters. The average molecular weight is 613 g/mol. The van der Waals surface area contributed by atoms with E-state index in [1.165, 1.54) is 48.5 Å². The molecular weight excluding hydrogens is 584 g/mol. The summed E-state index contributed by atoms with van der Waals surface area (Å²) in [7, 11) is 0. The second-order valence-electron chi connectivity index (χ2n) is 10.3. The van der Waals surface area contributed by atoms with Crippen LogP contribution in [0.5, 0.6) is 0 Å². The Kier molecular flexibility index (Phi) is 11.2. The molecule has 0 saturated carbocycles. The van der Waals surface area contributed by atoms with E-state index in [1.807, 2.05) is 0 Å². The molecule has 0 aliphatic heterocycles. The average Bonchev–Trinajstić information content (AvgIpc) is 3.08. The van der Waals surface area contributed by atoms with Gasteiger partial charge in [0.05, 0.1) is 36.8 Å². The Hall–Kier alpha value is -6.02. The van der Waals surface area contributed by atoms with Crippen molar-refractivity contribution in [1.82, 2.24) is 0 Å². The molecule has 46 heavy (non-hydrogen) atoms. The maximum absolute atomic E-state index is 13.8. The molecular formula is C38H28O8. The van der Waals surface area contributed by atoms with Crippen LogP contribution in [0.4, 0.5) is 0 Å². The van der Waals surface area contributed by atoms with Gasteiger partial charge < -0.3 is 0 Å². The lowest BCUT2D eigenvalue weighted by molar-refractivity contribution is -0.125. The summed E-state index contributed by atoms with van der Waals surface area (Å²) in [6.07, 6.45) is -3.64. The van der Waals surface area contributed by atoms with E-state index in [-0.39, 0.29) is 22.3 Å². The molecule has 0 aliphatic carbocycles. The standard InChI is InChI=1S/C38H28O8/c39-29(25-13-5-1-6-14-25)21-33(43)37(34(44)22-30(40)26-15-7-2-8-16-26)38(35(45)23-31(41)27-17-9-3-10-18-27)36(46)24-32(42)28-19-11-4-12-20-28/h1-20H,21-24H2. The van der Waals surface area contributed by atoms with Gasteiger partial charge in [-0.3, -0.25) is 38.4 Å². The first kappa shape index (κ1) is 32.9. The highest BCUT2D eigenvalue weighted by Crippen LogP contribution is 2.22. The minimum Gasteiger partial charge on any atom is -0.294 e. The predicted molar refractivity (Wildman–Crippen MR) is 169 cm³/mol. The zero-order valence-corrected chi connectivity index (χ0v) is 24.6. The summed E-state index contributed by atoms with van der Waals surface area (Å²) in [6, 6.07) is 30.8. The molecule has 8 heteroatoms. The molecule has 0 aromatic heterocycles. The van der Waals surface area contributed by atoms with Gasteiger partial charge in [0.25, 0.3) is 0 Å². The Balaban J connectivity index is 1.80. The Morgan fingerprint density at radius 3 is 0.630 bits per heavy atom. The van der Waals surface area contributed by atoms with Crippen LogP contribution in [0.15, 0.2) is 132 Å². The van der Waals surface area contributed by atoms with Crippen LogP contribution >= 0.6 is 0 Å². The summed E-state index contributed by atoms with van der Waals surface area (Å²) in [5.74, 6) is -7.55. The van der Waals surface area contributed by atoms with Gasteiger partial charge in [0, 0.05) is 22.3 Å². The number of hydrogen-bond donors (Lipinski definition) is 0. The molecule has 0 heterocycles. The van der Waals surface area contributed by atoms with Crippen LogP contribution in [0, 0.1) is 0 Å². The zero-order valence-electron chi connectivity index (χ0n) is 24.6. The van der Waals surface area contributed by atoms with E-state index < -0.39 is 83.1 Å². The van der Waals surface area contributed by atoms with Crippen LogP contribution in [0.25, 0.3) is 0 Å². The van der Waals surface area contributed by atoms with Gasteiger partial charge in [0.1, 0.15) is 0 Å².